The number of aliphatic carboxylic acids is 1. The van der Waals surface area contributed by atoms with Gasteiger partial charge in [0.25, 0.3) is 0 Å². The molecule has 0 aromatic rings. The fourth-order valence-electron chi connectivity index (χ4n) is 0.698. The van der Waals surface area contributed by atoms with Gasteiger partial charge in [-0.2, -0.15) is 0 Å². The normalized spacial score (nSPS) is 11.6. The van der Waals surface area contributed by atoms with Crippen LogP contribution >= 0.6 is 9.47 Å². The predicted molar refractivity (Wildman–Crippen MR) is 51.7 cm³/mol. The van der Waals surface area contributed by atoms with E-state index in [1.807, 2.05) is 0 Å². The topological polar surface area (TPSA) is 113 Å². The maximum Gasteiger partial charge on any atom is 0.333 e. The molecular weight excluding hydrogens is 225 g/mol. The highest BCUT2D eigenvalue weighted by atomic mass is 31.0. The van der Waals surface area contributed by atoms with Gasteiger partial charge >= 0.3 is 11.9 Å². The van der Waals surface area contributed by atoms with Crippen molar-refractivity contribution in [3.05, 3.63) is 0 Å². The summed E-state index contributed by atoms with van der Waals surface area (Å²) in [5.41, 5.74) is 0. The van der Waals surface area contributed by atoms with E-state index in [-0.39, 0.29) is 13.0 Å². The first-order chi connectivity index (χ1) is 6.97. The maximum atomic E-state index is 10.9. The molecule has 0 aliphatic carbocycles. The zero-order valence-corrected chi connectivity index (χ0v) is 8.96. The maximum absolute atomic E-state index is 10.9. The Labute approximate surface area is 88.1 Å². The van der Waals surface area contributed by atoms with Gasteiger partial charge in [0.05, 0.1) is 22.3 Å². The van der Waals surface area contributed by atoms with E-state index in [2.05, 4.69) is 9.84 Å². The van der Waals surface area contributed by atoms with Gasteiger partial charge in [-0.15, -0.1) is 0 Å². The average molecular weight is 237 g/mol. The number of aliphatic hydroxyl groups is 1. The van der Waals surface area contributed by atoms with Gasteiger partial charge in [0.15, 0.2) is 6.10 Å². The molecule has 0 saturated heterocycles. The lowest BCUT2D eigenvalue weighted by molar-refractivity contribution is -0.149. The quantitative estimate of drug-likeness (QED) is 0.493. The third-order valence-electron chi connectivity index (χ3n) is 1.45. The molecule has 8 heteroatoms. The van der Waals surface area contributed by atoms with Crippen molar-refractivity contribution in [3.63, 3.8) is 0 Å². The Hall–Kier alpha value is -1.20. The van der Waals surface area contributed by atoms with Crippen molar-refractivity contribution in [3.8, 4) is 0 Å². The van der Waals surface area contributed by atoms with Crippen molar-refractivity contribution < 1.29 is 29.1 Å². The lowest BCUT2D eigenvalue weighted by Gasteiger charge is -2.06. The van der Waals surface area contributed by atoms with E-state index in [1.54, 1.807) is 9.47 Å². The van der Waals surface area contributed by atoms with Crippen LogP contribution in [0.5, 0.6) is 0 Å². The minimum Gasteiger partial charge on any atom is -0.479 e. The molecule has 0 fully saturated rings. The van der Waals surface area contributed by atoms with Gasteiger partial charge in [-0.05, 0) is 0 Å². The molecule has 1 amide bonds. The monoisotopic (exact) mass is 237 g/mol. The van der Waals surface area contributed by atoms with Crippen LogP contribution in [0.1, 0.15) is 12.8 Å². The highest BCUT2D eigenvalue weighted by Crippen LogP contribution is 1.93. The molecule has 0 radical (unpaired) electrons. The molecule has 0 aromatic carbocycles. The van der Waals surface area contributed by atoms with Crippen LogP contribution in [0.3, 0.4) is 0 Å². The fraction of sp³-hybridized carbons (Fsp3) is 0.571. The van der Waals surface area contributed by atoms with Crippen LogP contribution in [0.4, 0.5) is 0 Å². The van der Waals surface area contributed by atoms with Gasteiger partial charge in [0, 0.05) is 6.54 Å². The van der Waals surface area contributed by atoms with Gasteiger partial charge < -0.3 is 20.1 Å². The summed E-state index contributed by atoms with van der Waals surface area (Å²) in [5, 5.41) is 19.3. The summed E-state index contributed by atoms with van der Waals surface area (Å²) in [4.78, 5) is 31.7. The number of hydrogen-bond acceptors (Lipinski definition) is 5. The second-order valence-corrected chi connectivity index (χ2v) is 2.88. The van der Waals surface area contributed by atoms with Crippen molar-refractivity contribution in [2.45, 2.75) is 18.9 Å². The summed E-state index contributed by atoms with van der Waals surface area (Å²) in [6.07, 6.45) is -2.28. The van der Waals surface area contributed by atoms with Gasteiger partial charge in [0.2, 0.25) is 5.91 Å². The van der Waals surface area contributed by atoms with E-state index in [1.165, 1.54) is 0 Å². The number of carboxylic acids is 1. The van der Waals surface area contributed by atoms with Crippen molar-refractivity contribution >= 4 is 27.3 Å². The average Bonchev–Trinajstić information content (AvgIpc) is 2.17. The third-order valence-corrected chi connectivity index (χ3v) is 1.71. The van der Waals surface area contributed by atoms with Crippen LogP contribution in [-0.4, -0.2) is 40.7 Å². The molecule has 3 N–H and O–H groups in total. The first-order valence-electron chi connectivity index (χ1n) is 4.04. The van der Waals surface area contributed by atoms with Gasteiger partial charge in [0.1, 0.15) is 0 Å². The van der Waals surface area contributed by atoms with Gasteiger partial charge in [-0.25, -0.2) is 4.79 Å². The van der Waals surface area contributed by atoms with Gasteiger partial charge in [-0.1, -0.05) is 0 Å². The second kappa shape index (κ2) is 7.14. The Morgan fingerprint density at radius 3 is 2.47 bits per heavy atom. The third kappa shape index (κ3) is 6.82. The van der Waals surface area contributed by atoms with Crippen molar-refractivity contribution in [2.75, 3.05) is 6.54 Å². The van der Waals surface area contributed by atoms with Crippen molar-refractivity contribution in [1.29, 1.82) is 0 Å². The number of carboxylic acid groups (broad SMARTS) is 1. The van der Waals surface area contributed by atoms with Crippen LogP contribution in [0.2, 0.25) is 0 Å². The Morgan fingerprint density at radius 1 is 1.40 bits per heavy atom. The molecule has 0 rings (SSSR count). The van der Waals surface area contributed by atoms with Gasteiger partial charge in [-0.3, -0.25) is 9.59 Å². The van der Waals surface area contributed by atoms with E-state index in [0.717, 1.165) is 0 Å². The SMILES string of the molecule is O=C(C[C@H](O)C(=O)O)NCCC(=O)OP. The molecule has 0 aliphatic heterocycles. The van der Waals surface area contributed by atoms with E-state index in [9.17, 15) is 14.4 Å². The number of amides is 1. The van der Waals surface area contributed by atoms with Crippen molar-refractivity contribution in [2.24, 2.45) is 0 Å². The lowest BCUT2D eigenvalue weighted by atomic mass is 10.2. The van der Waals surface area contributed by atoms with Crippen LogP contribution in [-0.2, 0) is 18.9 Å². The largest absolute Gasteiger partial charge is 0.479 e. The summed E-state index contributed by atoms with van der Waals surface area (Å²) in [6.45, 7) is 0.0401. The van der Waals surface area contributed by atoms with E-state index < -0.39 is 30.4 Å². The first-order valence-corrected chi connectivity index (χ1v) is 4.51. The number of carbonyl (C=O) groups excluding carboxylic acids is 2. The predicted octanol–water partition coefficient (Wildman–Crippen LogP) is -1.34. The Kier molecular flexibility index (Phi) is 6.57. The Balaban J connectivity index is 3.67. The molecule has 15 heavy (non-hydrogen) atoms. The number of hydrogen-bond donors (Lipinski definition) is 3. The first kappa shape index (κ1) is 13.8. The van der Waals surface area contributed by atoms with Crippen LogP contribution in [0.25, 0.3) is 0 Å². The van der Waals surface area contributed by atoms with E-state index >= 15 is 0 Å². The second-order valence-electron chi connectivity index (χ2n) is 2.65. The van der Waals surface area contributed by atoms with Crippen molar-refractivity contribution in [1.82, 2.24) is 5.32 Å². The molecule has 0 spiro atoms. The highest BCUT2D eigenvalue weighted by Gasteiger charge is 2.17. The zero-order chi connectivity index (χ0) is 11.8. The molecule has 0 aliphatic rings. The summed E-state index contributed by atoms with van der Waals surface area (Å²) >= 11 is 0. The number of aliphatic hydroxyl groups excluding tert-OH is 1. The fourth-order valence-corrected chi connectivity index (χ4v) is 0.816. The summed E-state index contributed by atoms with van der Waals surface area (Å²) in [7, 11) is 1.77. The molecule has 0 saturated carbocycles. The molecule has 2 atom stereocenters. The van der Waals surface area contributed by atoms with E-state index in [0.29, 0.717) is 0 Å². The standard InChI is InChI=1S/C7H12NO6P/c9-4(7(12)13)3-5(10)8-2-1-6(11)14-15/h4,9H,1-3,15H2,(H,8,10)(H,12,13)/t4-/m0/s1. The summed E-state index contributed by atoms with van der Waals surface area (Å²) < 4.78 is 4.23. The molecule has 0 heterocycles. The molecular formula is C7H12NO6P. The molecule has 7 nitrogen and oxygen atoms in total. The smallest absolute Gasteiger partial charge is 0.333 e. The zero-order valence-electron chi connectivity index (χ0n) is 7.80. The molecule has 0 aromatic heterocycles. The number of carbonyl (C=O) groups is 3. The minimum atomic E-state index is -1.72. The van der Waals surface area contributed by atoms with E-state index in [4.69, 9.17) is 10.2 Å². The minimum absolute atomic E-state index is 0.0155. The molecule has 1 unspecified atom stereocenters. The van der Waals surface area contributed by atoms with Crippen LogP contribution in [0, 0.1) is 0 Å². The summed E-state index contributed by atoms with van der Waals surface area (Å²) in [6, 6.07) is 0. The van der Waals surface area contributed by atoms with Crippen LogP contribution < -0.4 is 5.32 Å². The lowest BCUT2D eigenvalue weighted by Crippen LogP contribution is -2.32. The number of nitrogens with one attached hydrogen (secondary N) is 1. The molecule has 0 bridgehead atoms. The Morgan fingerprint density at radius 2 is 2.00 bits per heavy atom. The number of rotatable bonds is 6. The van der Waals surface area contributed by atoms with Crippen LogP contribution in [0.15, 0.2) is 0 Å². The summed E-state index contributed by atoms with van der Waals surface area (Å²) in [5.74, 6) is -2.62. The molecule has 86 valence electrons. The Bertz CT molecular complexity index is 256. The highest BCUT2D eigenvalue weighted by molar-refractivity contribution is 7.10.